The van der Waals surface area contributed by atoms with Gasteiger partial charge in [-0.1, -0.05) is 30.7 Å². The predicted molar refractivity (Wildman–Crippen MR) is 86.0 cm³/mol. The summed E-state index contributed by atoms with van der Waals surface area (Å²) >= 11 is 5.37. The maximum atomic E-state index is 3.56. The Kier molecular flexibility index (Phi) is 4.06. The van der Waals surface area contributed by atoms with Crippen molar-refractivity contribution in [2.75, 3.05) is 7.05 Å². The highest BCUT2D eigenvalue weighted by Crippen LogP contribution is 2.41. The van der Waals surface area contributed by atoms with E-state index in [1.807, 2.05) is 11.3 Å². The zero-order valence-electron chi connectivity index (χ0n) is 11.0. The molecular formula is C16H18BrNS. The van der Waals surface area contributed by atoms with Crippen LogP contribution in [0.2, 0.25) is 0 Å². The minimum absolute atomic E-state index is 0.313. The number of rotatable bonds is 4. The van der Waals surface area contributed by atoms with Crippen LogP contribution in [-0.2, 0) is 0 Å². The molecule has 0 amide bonds. The van der Waals surface area contributed by atoms with E-state index < -0.39 is 0 Å². The first-order valence-electron chi connectivity index (χ1n) is 6.79. The fourth-order valence-corrected chi connectivity index (χ4v) is 4.37. The molecule has 1 nitrogen and oxygen atoms in total. The molecule has 100 valence electrons. The SMILES string of the molecule is CNC(c1cc(Br)cs1)c1ccccc1C1CCC1. The molecule has 1 unspecified atom stereocenters. The zero-order chi connectivity index (χ0) is 13.2. The van der Waals surface area contributed by atoms with Crippen molar-refractivity contribution in [3.05, 3.63) is 56.2 Å². The molecule has 1 aromatic carbocycles. The Bertz CT molecular complexity index is 559. The molecule has 3 rings (SSSR count). The zero-order valence-corrected chi connectivity index (χ0v) is 13.4. The van der Waals surface area contributed by atoms with Gasteiger partial charge in [-0.15, -0.1) is 11.3 Å². The van der Waals surface area contributed by atoms with Crippen LogP contribution in [0.15, 0.2) is 40.2 Å². The lowest BCUT2D eigenvalue weighted by Crippen LogP contribution is -2.20. The van der Waals surface area contributed by atoms with Gasteiger partial charge in [0.15, 0.2) is 0 Å². The average molecular weight is 336 g/mol. The largest absolute Gasteiger partial charge is 0.309 e. The Hall–Kier alpha value is -0.640. The molecule has 2 aromatic rings. The molecule has 1 aromatic heterocycles. The van der Waals surface area contributed by atoms with E-state index in [0.717, 1.165) is 5.92 Å². The van der Waals surface area contributed by atoms with Crippen molar-refractivity contribution in [3.8, 4) is 0 Å². The Morgan fingerprint density at radius 3 is 2.68 bits per heavy atom. The van der Waals surface area contributed by atoms with Gasteiger partial charge in [0.05, 0.1) is 6.04 Å². The quantitative estimate of drug-likeness (QED) is 0.820. The van der Waals surface area contributed by atoms with E-state index in [-0.39, 0.29) is 0 Å². The third-order valence-corrected chi connectivity index (χ3v) is 5.77. The van der Waals surface area contributed by atoms with Gasteiger partial charge in [0, 0.05) is 14.7 Å². The van der Waals surface area contributed by atoms with E-state index in [4.69, 9.17) is 0 Å². The lowest BCUT2D eigenvalue weighted by atomic mass is 9.77. The van der Waals surface area contributed by atoms with Crippen molar-refractivity contribution < 1.29 is 0 Å². The van der Waals surface area contributed by atoms with Gasteiger partial charge in [-0.3, -0.25) is 0 Å². The first-order chi connectivity index (χ1) is 9.29. The van der Waals surface area contributed by atoms with Gasteiger partial charge >= 0.3 is 0 Å². The molecule has 0 bridgehead atoms. The highest BCUT2D eigenvalue weighted by molar-refractivity contribution is 9.10. The summed E-state index contributed by atoms with van der Waals surface area (Å²) in [5.41, 5.74) is 2.99. The molecule has 1 heterocycles. The van der Waals surface area contributed by atoms with Crippen LogP contribution in [0.1, 0.15) is 47.2 Å². The summed E-state index contributed by atoms with van der Waals surface area (Å²) in [6.07, 6.45) is 4.08. The number of halogens is 1. The minimum atomic E-state index is 0.313. The van der Waals surface area contributed by atoms with Gasteiger partial charge in [-0.25, -0.2) is 0 Å². The Labute approximate surface area is 127 Å². The van der Waals surface area contributed by atoms with Crippen LogP contribution < -0.4 is 5.32 Å². The van der Waals surface area contributed by atoms with Gasteiger partial charge in [-0.05, 0) is 58.9 Å². The standard InChI is InChI=1S/C16H18BrNS/c1-18-16(15-9-12(17)10-19-15)14-8-3-2-7-13(14)11-5-4-6-11/h2-3,7-11,16,18H,4-6H2,1H3. The summed E-state index contributed by atoms with van der Waals surface area (Å²) in [5, 5.41) is 5.64. The van der Waals surface area contributed by atoms with E-state index in [0.29, 0.717) is 6.04 Å². The highest BCUT2D eigenvalue weighted by atomic mass is 79.9. The van der Waals surface area contributed by atoms with Gasteiger partial charge in [-0.2, -0.15) is 0 Å². The maximum Gasteiger partial charge on any atom is 0.0671 e. The monoisotopic (exact) mass is 335 g/mol. The van der Waals surface area contributed by atoms with Crippen LogP contribution in [0.3, 0.4) is 0 Å². The summed E-state index contributed by atoms with van der Waals surface area (Å²) < 4.78 is 1.17. The van der Waals surface area contributed by atoms with E-state index >= 15 is 0 Å². The molecule has 1 aliphatic carbocycles. The number of hydrogen-bond donors (Lipinski definition) is 1. The molecule has 19 heavy (non-hydrogen) atoms. The van der Waals surface area contributed by atoms with Crippen LogP contribution in [0.4, 0.5) is 0 Å². The van der Waals surface area contributed by atoms with Gasteiger partial charge in [0.2, 0.25) is 0 Å². The summed E-state index contributed by atoms with van der Waals surface area (Å²) in [4.78, 5) is 1.38. The van der Waals surface area contributed by atoms with Crippen molar-refractivity contribution in [2.45, 2.75) is 31.2 Å². The van der Waals surface area contributed by atoms with Crippen molar-refractivity contribution >= 4 is 27.3 Å². The molecule has 0 radical (unpaired) electrons. The molecule has 0 spiro atoms. The topological polar surface area (TPSA) is 12.0 Å². The van der Waals surface area contributed by atoms with Crippen LogP contribution in [0, 0.1) is 0 Å². The Balaban J connectivity index is 1.99. The van der Waals surface area contributed by atoms with Crippen LogP contribution >= 0.6 is 27.3 Å². The second-order valence-electron chi connectivity index (χ2n) is 5.15. The predicted octanol–water partition coefficient (Wildman–Crippen LogP) is 5.09. The Morgan fingerprint density at radius 2 is 2.11 bits per heavy atom. The highest BCUT2D eigenvalue weighted by Gasteiger charge is 2.25. The smallest absolute Gasteiger partial charge is 0.0671 e. The van der Waals surface area contributed by atoms with Gasteiger partial charge in [0.1, 0.15) is 0 Å². The first kappa shape index (κ1) is 13.3. The molecule has 3 heteroatoms. The summed E-state index contributed by atoms with van der Waals surface area (Å²) in [6, 6.07) is 11.5. The summed E-state index contributed by atoms with van der Waals surface area (Å²) in [6.45, 7) is 0. The third kappa shape index (κ3) is 2.64. The van der Waals surface area contributed by atoms with E-state index in [1.165, 1.54) is 39.7 Å². The summed E-state index contributed by atoms with van der Waals surface area (Å²) in [7, 11) is 2.05. The van der Waals surface area contributed by atoms with E-state index in [1.54, 1.807) is 0 Å². The van der Waals surface area contributed by atoms with E-state index in [9.17, 15) is 0 Å². The summed E-state index contributed by atoms with van der Waals surface area (Å²) in [5.74, 6) is 0.774. The molecular weight excluding hydrogens is 318 g/mol. The van der Waals surface area contributed by atoms with Crippen molar-refractivity contribution in [2.24, 2.45) is 0 Å². The fourth-order valence-electron chi connectivity index (χ4n) is 2.80. The normalized spacial score (nSPS) is 17.2. The second-order valence-corrected chi connectivity index (χ2v) is 7.00. The molecule has 0 aliphatic heterocycles. The number of hydrogen-bond acceptors (Lipinski definition) is 2. The molecule has 1 aliphatic rings. The van der Waals surface area contributed by atoms with Gasteiger partial charge < -0.3 is 5.32 Å². The number of benzene rings is 1. The lowest BCUT2D eigenvalue weighted by molar-refractivity contribution is 0.415. The minimum Gasteiger partial charge on any atom is -0.309 e. The lowest BCUT2D eigenvalue weighted by Gasteiger charge is -2.30. The van der Waals surface area contributed by atoms with Crippen LogP contribution in [-0.4, -0.2) is 7.05 Å². The third-order valence-electron chi connectivity index (χ3n) is 4.01. The number of thiophene rings is 1. The second kappa shape index (κ2) is 5.78. The van der Waals surface area contributed by atoms with E-state index in [2.05, 4.69) is 64.0 Å². The first-order valence-corrected chi connectivity index (χ1v) is 8.47. The van der Waals surface area contributed by atoms with Crippen molar-refractivity contribution in [1.82, 2.24) is 5.32 Å². The fraction of sp³-hybridized carbons (Fsp3) is 0.375. The molecule has 1 fully saturated rings. The molecule has 1 atom stereocenters. The average Bonchev–Trinajstić information content (AvgIpc) is 2.77. The number of nitrogens with one attached hydrogen (secondary N) is 1. The van der Waals surface area contributed by atoms with Crippen molar-refractivity contribution in [3.63, 3.8) is 0 Å². The van der Waals surface area contributed by atoms with Crippen LogP contribution in [0.25, 0.3) is 0 Å². The maximum absolute atomic E-state index is 3.56. The van der Waals surface area contributed by atoms with Crippen LogP contribution in [0.5, 0.6) is 0 Å². The molecule has 1 N–H and O–H groups in total. The molecule has 0 saturated heterocycles. The van der Waals surface area contributed by atoms with Crippen molar-refractivity contribution in [1.29, 1.82) is 0 Å². The molecule has 1 saturated carbocycles. The van der Waals surface area contributed by atoms with Gasteiger partial charge in [0.25, 0.3) is 0 Å². The Morgan fingerprint density at radius 1 is 1.32 bits per heavy atom.